The Labute approximate surface area is 107 Å². The van der Waals surface area contributed by atoms with Gasteiger partial charge in [-0.25, -0.2) is 9.97 Å². The van der Waals surface area contributed by atoms with Gasteiger partial charge in [0, 0.05) is 24.7 Å². The van der Waals surface area contributed by atoms with Gasteiger partial charge in [-0.2, -0.15) is 0 Å². The van der Waals surface area contributed by atoms with Crippen molar-refractivity contribution in [3.05, 3.63) is 16.5 Å². The Morgan fingerprint density at radius 2 is 2.06 bits per heavy atom. The maximum atomic E-state index is 6.02. The molecule has 5 heteroatoms. The van der Waals surface area contributed by atoms with E-state index in [4.69, 9.17) is 11.6 Å². The lowest BCUT2D eigenvalue weighted by Crippen LogP contribution is -2.27. The van der Waals surface area contributed by atoms with Crippen molar-refractivity contribution in [3.8, 4) is 0 Å². The lowest BCUT2D eigenvalue weighted by Gasteiger charge is -2.17. The Morgan fingerprint density at radius 1 is 1.35 bits per heavy atom. The number of aryl methyl sites for hydroxylation is 1. The average Bonchev–Trinajstić information content (AvgIpc) is 3.08. The third-order valence-electron chi connectivity index (χ3n) is 3.13. The zero-order chi connectivity index (χ0) is 12.4. The Hall–Kier alpha value is -0.870. The number of likely N-dealkylation sites (N-methyl/N-ethyl adjacent to an activating group) is 1. The summed E-state index contributed by atoms with van der Waals surface area (Å²) in [4.78, 5) is 10.9. The first kappa shape index (κ1) is 12.6. The minimum absolute atomic E-state index is 0.538. The molecule has 1 aliphatic carbocycles. The molecule has 1 aromatic heterocycles. The maximum Gasteiger partial charge on any atom is 0.137 e. The fraction of sp³-hybridized carbons (Fsp3) is 0.667. The van der Waals surface area contributed by atoms with Gasteiger partial charge >= 0.3 is 0 Å². The molecule has 0 saturated heterocycles. The zero-order valence-electron chi connectivity index (χ0n) is 10.6. The Kier molecular flexibility index (Phi) is 3.84. The second kappa shape index (κ2) is 5.19. The highest BCUT2D eigenvalue weighted by Gasteiger charge is 2.25. The predicted molar refractivity (Wildman–Crippen MR) is 70.7 cm³/mol. The molecule has 94 valence electrons. The summed E-state index contributed by atoms with van der Waals surface area (Å²) in [5, 5.41) is 3.87. The molecule has 4 nitrogen and oxygen atoms in total. The molecule has 1 aromatic rings. The first-order valence-electron chi connectivity index (χ1n) is 6.03. The second-order valence-electron chi connectivity index (χ2n) is 4.67. The van der Waals surface area contributed by atoms with E-state index in [-0.39, 0.29) is 0 Å². The summed E-state index contributed by atoms with van der Waals surface area (Å²) >= 11 is 6.02. The molecule has 0 bridgehead atoms. The highest BCUT2D eigenvalue weighted by molar-refractivity contribution is 6.30. The van der Waals surface area contributed by atoms with Crippen molar-refractivity contribution in [3.63, 3.8) is 0 Å². The van der Waals surface area contributed by atoms with Crippen LogP contribution in [0.2, 0.25) is 5.15 Å². The van der Waals surface area contributed by atoms with Gasteiger partial charge in [-0.15, -0.1) is 0 Å². The number of halogens is 1. The number of nitrogens with zero attached hydrogens (tertiary/aromatic N) is 3. The van der Waals surface area contributed by atoms with E-state index in [1.807, 2.05) is 13.8 Å². The third kappa shape index (κ3) is 3.30. The van der Waals surface area contributed by atoms with Crippen LogP contribution < -0.4 is 5.32 Å². The van der Waals surface area contributed by atoms with Crippen LogP contribution in [0.3, 0.4) is 0 Å². The first-order valence-corrected chi connectivity index (χ1v) is 6.40. The second-order valence-corrected chi connectivity index (χ2v) is 5.03. The molecule has 0 atom stereocenters. The smallest absolute Gasteiger partial charge is 0.137 e. The fourth-order valence-corrected chi connectivity index (χ4v) is 2.03. The van der Waals surface area contributed by atoms with Gasteiger partial charge in [-0.05, 0) is 33.7 Å². The van der Waals surface area contributed by atoms with Gasteiger partial charge in [0.15, 0.2) is 0 Å². The number of hydrogen-bond donors (Lipinski definition) is 1. The summed E-state index contributed by atoms with van der Waals surface area (Å²) in [6.45, 7) is 5.72. The van der Waals surface area contributed by atoms with Crippen LogP contribution in [-0.2, 0) is 0 Å². The molecule has 1 aliphatic rings. The van der Waals surface area contributed by atoms with Gasteiger partial charge in [0.05, 0.1) is 0 Å². The number of hydrogen-bond acceptors (Lipinski definition) is 4. The molecule has 0 spiro atoms. The molecule has 0 amide bonds. The molecule has 1 saturated carbocycles. The van der Waals surface area contributed by atoms with Gasteiger partial charge < -0.3 is 10.2 Å². The Balaban J connectivity index is 1.89. The van der Waals surface area contributed by atoms with E-state index < -0.39 is 0 Å². The Morgan fingerprint density at radius 3 is 2.71 bits per heavy atom. The quantitative estimate of drug-likeness (QED) is 0.819. The molecule has 17 heavy (non-hydrogen) atoms. The summed E-state index contributed by atoms with van der Waals surface area (Å²) in [6, 6.07) is 0.800. The Bertz CT molecular complexity index is 404. The molecule has 0 radical (unpaired) electrons. The predicted octanol–water partition coefficient (Wildman–Crippen LogP) is 2.25. The van der Waals surface area contributed by atoms with Crippen molar-refractivity contribution in [2.75, 3.05) is 25.5 Å². The summed E-state index contributed by atoms with van der Waals surface area (Å²) < 4.78 is 0. The molecule has 0 unspecified atom stereocenters. The van der Waals surface area contributed by atoms with E-state index in [0.717, 1.165) is 30.5 Å². The van der Waals surface area contributed by atoms with E-state index in [1.54, 1.807) is 0 Å². The van der Waals surface area contributed by atoms with Crippen LogP contribution in [0.4, 0.5) is 5.82 Å². The van der Waals surface area contributed by atoms with Crippen LogP contribution in [0.5, 0.6) is 0 Å². The van der Waals surface area contributed by atoms with Crippen molar-refractivity contribution >= 4 is 17.4 Å². The van der Waals surface area contributed by atoms with Crippen LogP contribution in [0.1, 0.15) is 24.2 Å². The monoisotopic (exact) mass is 254 g/mol. The molecule has 1 heterocycles. The molecule has 1 N–H and O–H groups in total. The largest absolute Gasteiger partial charge is 0.368 e. The number of nitrogens with one attached hydrogen (secondary N) is 1. The lowest BCUT2D eigenvalue weighted by atomic mass is 10.3. The van der Waals surface area contributed by atoms with Gasteiger partial charge in [0.2, 0.25) is 0 Å². The van der Waals surface area contributed by atoms with Crippen LogP contribution in [0.15, 0.2) is 0 Å². The van der Waals surface area contributed by atoms with Crippen molar-refractivity contribution < 1.29 is 0 Å². The van der Waals surface area contributed by atoms with Crippen molar-refractivity contribution in [2.24, 2.45) is 0 Å². The molecular formula is C12H19ClN4. The fourth-order valence-electron chi connectivity index (χ4n) is 1.81. The standard InChI is InChI=1S/C12H19ClN4/c1-8-11(13)15-9(2)16-12(8)14-6-7-17(3)10-4-5-10/h10H,4-7H2,1-3H3,(H,14,15,16). The van der Waals surface area contributed by atoms with Crippen LogP contribution in [0.25, 0.3) is 0 Å². The van der Waals surface area contributed by atoms with Crippen molar-refractivity contribution in [1.82, 2.24) is 14.9 Å². The first-order chi connectivity index (χ1) is 8.08. The van der Waals surface area contributed by atoms with Gasteiger partial charge in [0.1, 0.15) is 16.8 Å². The number of aromatic nitrogens is 2. The van der Waals surface area contributed by atoms with E-state index in [9.17, 15) is 0 Å². The van der Waals surface area contributed by atoms with E-state index >= 15 is 0 Å². The normalized spacial score (nSPS) is 15.4. The maximum absolute atomic E-state index is 6.02. The van der Waals surface area contributed by atoms with Gasteiger partial charge in [-0.1, -0.05) is 11.6 Å². The van der Waals surface area contributed by atoms with E-state index in [0.29, 0.717) is 11.0 Å². The molecular weight excluding hydrogens is 236 g/mol. The minimum atomic E-state index is 0.538. The highest BCUT2D eigenvalue weighted by atomic mass is 35.5. The average molecular weight is 255 g/mol. The van der Waals surface area contributed by atoms with Gasteiger partial charge in [-0.3, -0.25) is 0 Å². The van der Waals surface area contributed by atoms with Crippen LogP contribution >= 0.6 is 11.6 Å². The molecule has 2 rings (SSSR count). The topological polar surface area (TPSA) is 41.1 Å². The van der Waals surface area contributed by atoms with Crippen molar-refractivity contribution in [1.29, 1.82) is 0 Å². The van der Waals surface area contributed by atoms with Crippen molar-refractivity contribution in [2.45, 2.75) is 32.7 Å². The molecule has 0 aromatic carbocycles. The lowest BCUT2D eigenvalue weighted by molar-refractivity contribution is 0.337. The minimum Gasteiger partial charge on any atom is -0.368 e. The van der Waals surface area contributed by atoms with E-state index in [1.165, 1.54) is 12.8 Å². The SMILES string of the molecule is Cc1nc(Cl)c(C)c(NCCN(C)C2CC2)n1. The van der Waals surface area contributed by atoms with Gasteiger partial charge in [0.25, 0.3) is 0 Å². The zero-order valence-corrected chi connectivity index (χ0v) is 11.4. The molecule has 0 aliphatic heterocycles. The highest BCUT2D eigenvalue weighted by Crippen LogP contribution is 2.25. The number of anilines is 1. The summed E-state index contributed by atoms with van der Waals surface area (Å²) in [6.07, 6.45) is 2.68. The van der Waals surface area contributed by atoms with E-state index in [2.05, 4.69) is 27.2 Å². The van der Waals surface area contributed by atoms with Crippen LogP contribution in [-0.4, -0.2) is 41.0 Å². The number of rotatable bonds is 5. The summed E-state index contributed by atoms with van der Waals surface area (Å²) in [7, 11) is 2.17. The third-order valence-corrected chi connectivity index (χ3v) is 3.49. The van der Waals surface area contributed by atoms with Crippen LogP contribution in [0, 0.1) is 13.8 Å². The summed E-state index contributed by atoms with van der Waals surface area (Å²) in [5.41, 5.74) is 0.923. The molecule has 1 fully saturated rings. The summed E-state index contributed by atoms with van der Waals surface area (Å²) in [5.74, 6) is 1.56.